The highest BCUT2D eigenvalue weighted by Crippen LogP contribution is 2.15. The molecular weight excluding hydrogens is 262 g/mol. The molecule has 116 valence electrons. The number of unbranched alkanes of at least 4 members (excludes halogenated alkanes) is 1. The van der Waals surface area contributed by atoms with Crippen molar-refractivity contribution in [1.29, 1.82) is 0 Å². The minimum Gasteiger partial charge on any atom is -0.380 e. The molecule has 1 N–H and O–H groups in total. The second-order valence-corrected chi connectivity index (χ2v) is 5.24. The van der Waals surface area contributed by atoms with E-state index in [2.05, 4.69) is 41.9 Å². The van der Waals surface area contributed by atoms with Crippen molar-refractivity contribution in [2.24, 2.45) is 0 Å². The molecule has 1 aromatic carbocycles. The van der Waals surface area contributed by atoms with Crippen LogP contribution in [0, 0.1) is 0 Å². The maximum atomic E-state index is 5.54. The molecule has 21 heavy (non-hydrogen) atoms. The van der Waals surface area contributed by atoms with E-state index in [0.717, 1.165) is 57.0 Å². The number of para-hydroxylation sites is 2. The third-order valence-electron chi connectivity index (χ3n) is 3.63. The largest absolute Gasteiger partial charge is 0.380 e. The summed E-state index contributed by atoms with van der Waals surface area (Å²) in [7, 11) is 0. The number of ether oxygens (including phenoxy) is 1. The number of benzene rings is 1. The topological polar surface area (TPSA) is 39.1 Å². The number of imidazole rings is 1. The van der Waals surface area contributed by atoms with Crippen LogP contribution in [0.2, 0.25) is 0 Å². The minimum atomic E-state index is 0.797. The Kier molecular flexibility index (Phi) is 6.70. The van der Waals surface area contributed by atoms with Gasteiger partial charge in [-0.3, -0.25) is 0 Å². The molecule has 0 aliphatic carbocycles. The Morgan fingerprint density at radius 3 is 2.81 bits per heavy atom. The van der Waals surface area contributed by atoms with Crippen molar-refractivity contribution in [1.82, 2.24) is 14.9 Å². The molecule has 0 unspecified atom stereocenters. The first-order valence-corrected chi connectivity index (χ1v) is 8.09. The lowest BCUT2D eigenvalue weighted by Crippen LogP contribution is -2.24. The molecule has 4 heteroatoms. The van der Waals surface area contributed by atoms with E-state index in [1.807, 2.05) is 6.07 Å². The molecule has 0 saturated heterocycles. The fourth-order valence-electron chi connectivity index (χ4n) is 2.45. The Morgan fingerprint density at radius 1 is 1.14 bits per heavy atom. The average molecular weight is 289 g/mol. The number of hydrogen-bond acceptors (Lipinski definition) is 3. The zero-order valence-corrected chi connectivity index (χ0v) is 13.3. The van der Waals surface area contributed by atoms with Crippen LogP contribution in [-0.2, 0) is 17.7 Å². The summed E-state index contributed by atoms with van der Waals surface area (Å²) in [6.45, 7) is 8.84. The highest BCUT2D eigenvalue weighted by molar-refractivity contribution is 5.75. The van der Waals surface area contributed by atoms with E-state index in [1.165, 1.54) is 11.9 Å². The Balaban J connectivity index is 1.78. The predicted molar refractivity (Wildman–Crippen MR) is 87.7 cm³/mol. The molecule has 0 spiro atoms. The van der Waals surface area contributed by atoms with Gasteiger partial charge in [-0.1, -0.05) is 32.4 Å². The van der Waals surface area contributed by atoms with Crippen molar-refractivity contribution in [2.75, 3.05) is 26.3 Å². The van der Waals surface area contributed by atoms with Crippen LogP contribution < -0.4 is 5.32 Å². The van der Waals surface area contributed by atoms with Gasteiger partial charge in [0.25, 0.3) is 0 Å². The molecule has 0 atom stereocenters. The van der Waals surface area contributed by atoms with Gasteiger partial charge in [0.15, 0.2) is 0 Å². The first-order valence-electron chi connectivity index (χ1n) is 8.09. The number of nitrogens with zero attached hydrogens (tertiary/aromatic N) is 2. The zero-order valence-electron chi connectivity index (χ0n) is 13.3. The molecule has 0 saturated carbocycles. The van der Waals surface area contributed by atoms with Crippen LogP contribution in [0.15, 0.2) is 24.3 Å². The summed E-state index contributed by atoms with van der Waals surface area (Å²) in [6, 6.07) is 8.36. The molecule has 4 nitrogen and oxygen atoms in total. The van der Waals surface area contributed by atoms with Gasteiger partial charge in [-0.15, -0.1) is 0 Å². The summed E-state index contributed by atoms with van der Waals surface area (Å²) < 4.78 is 7.86. The van der Waals surface area contributed by atoms with Crippen LogP contribution in [0.1, 0.15) is 32.5 Å². The minimum absolute atomic E-state index is 0.797. The van der Waals surface area contributed by atoms with Crippen LogP contribution >= 0.6 is 0 Å². The predicted octanol–water partition coefficient (Wildman–Crippen LogP) is 3.01. The maximum absolute atomic E-state index is 5.54. The van der Waals surface area contributed by atoms with Gasteiger partial charge in [-0.2, -0.15) is 0 Å². The van der Waals surface area contributed by atoms with Gasteiger partial charge in [0.2, 0.25) is 0 Å². The summed E-state index contributed by atoms with van der Waals surface area (Å²) >= 11 is 0. The third kappa shape index (κ3) is 4.55. The number of aryl methyl sites for hydroxylation is 1. The van der Waals surface area contributed by atoms with Crippen LogP contribution in [0.25, 0.3) is 11.0 Å². The lowest BCUT2D eigenvalue weighted by Gasteiger charge is -2.09. The maximum Gasteiger partial charge on any atom is 0.109 e. The quantitative estimate of drug-likeness (QED) is 0.683. The van der Waals surface area contributed by atoms with Gasteiger partial charge in [0.05, 0.1) is 17.6 Å². The van der Waals surface area contributed by atoms with E-state index < -0.39 is 0 Å². The molecule has 0 bridgehead atoms. The number of rotatable bonds is 10. The fourth-order valence-corrected chi connectivity index (χ4v) is 2.45. The second kappa shape index (κ2) is 8.80. The molecule has 0 radical (unpaired) electrons. The van der Waals surface area contributed by atoms with E-state index in [-0.39, 0.29) is 0 Å². The molecule has 0 aliphatic rings. The summed E-state index contributed by atoms with van der Waals surface area (Å²) in [5.74, 6) is 1.16. The normalized spacial score (nSPS) is 11.3. The van der Waals surface area contributed by atoms with Crippen LogP contribution in [0.4, 0.5) is 0 Å². The number of nitrogens with one attached hydrogen (secondary N) is 1. The van der Waals surface area contributed by atoms with Gasteiger partial charge in [-0.05, 0) is 18.6 Å². The molecular formula is C17H27N3O. The van der Waals surface area contributed by atoms with Crippen molar-refractivity contribution in [3.05, 3.63) is 30.1 Å². The Labute approximate surface area is 127 Å². The van der Waals surface area contributed by atoms with E-state index in [1.54, 1.807) is 0 Å². The van der Waals surface area contributed by atoms with E-state index >= 15 is 0 Å². The monoisotopic (exact) mass is 289 g/mol. The summed E-state index contributed by atoms with van der Waals surface area (Å²) in [5, 5.41) is 3.44. The summed E-state index contributed by atoms with van der Waals surface area (Å²) in [6.07, 6.45) is 3.32. The number of hydrogen-bond donors (Lipinski definition) is 1. The van der Waals surface area contributed by atoms with Crippen LogP contribution in [0.5, 0.6) is 0 Å². The van der Waals surface area contributed by atoms with Crippen molar-refractivity contribution in [3.8, 4) is 0 Å². The van der Waals surface area contributed by atoms with Gasteiger partial charge in [0.1, 0.15) is 5.82 Å². The number of fused-ring (bicyclic) bond motifs is 1. The van der Waals surface area contributed by atoms with Gasteiger partial charge < -0.3 is 14.6 Å². The summed E-state index contributed by atoms with van der Waals surface area (Å²) in [5.41, 5.74) is 2.33. The highest BCUT2D eigenvalue weighted by atomic mass is 16.5. The van der Waals surface area contributed by atoms with Crippen LogP contribution in [-0.4, -0.2) is 35.9 Å². The first kappa shape index (κ1) is 16.0. The fraction of sp³-hybridized carbons (Fsp3) is 0.588. The molecule has 0 aliphatic heterocycles. The second-order valence-electron chi connectivity index (χ2n) is 5.24. The highest BCUT2D eigenvalue weighted by Gasteiger charge is 2.07. The molecule has 0 fully saturated rings. The average Bonchev–Trinajstić information content (AvgIpc) is 2.88. The third-order valence-corrected chi connectivity index (χ3v) is 3.63. The SMILES string of the molecule is CCCCOCCNCCn1c(CC)nc2ccccc21. The van der Waals surface area contributed by atoms with Crippen LogP contribution in [0.3, 0.4) is 0 Å². The van der Waals surface area contributed by atoms with Crippen molar-refractivity contribution in [3.63, 3.8) is 0 Å². The Hall–Kier alpha value is -1.39. The lowest BCUT2D eigenvalue weighted by molar-refractivity contribution is 0.133. The first-order chi connectivity index (χ1) is 10.4. The van der Waals surface area contributed by atoms with Gasteiger partial charge >= 0.3 is 0 Å². The van der Waals surface area contributed by atoms with E-state index in [4.69, 9.17) is 9.72 Å². The zero-order chi connectivity index (χ0) is 14.9. The standard InChI is InChI=1S/C17H27N3O/c1-3-5-13-21-14-11-18-10-12-20-16-9-7-6-8-15(16)19-17(20)4-2/h6-9,18H,3-5,10-14H2,1-2H3. The smallest absolute Gasteiger partial charge is 0.109 e. The van der Waals surface area contributed by atoms with E-state index in [9.17, 15) is 0 Å². The van der Waals surface area contributed by atoms with Gasteiger partial charge in [0, 0.05) is 32.7 Å². The molecule has 2 rings (SSSR count). The van der Waals surface area contributed by atoms with Crippen molar-refractivity contribution < 1.29 is 4.74 Å². The molecule has 2 aromatic rings. The Morgan fingerprint density at radius 2 is 2.00 bits per heavy atom. The lowest BCUT2D eigenvalue weighted by atomic mass is 10.3. The Bertz CT molecular complexity index is 536. The van der Waals surface area contributed by atoms with Gasteiger partial charge in [-0.25, -0.2) is 4.98 Å². The van der Waals surface area contributed by atoms with E-state index in [0.29, 0.717) is 0 Å². The molecule has 1 aromatic heterocycles. The molecule has 1 heterocycles. The molecule has 0 amide bonds. The van der Waals surface area contributed by atoms with Crippen molar-refractivity contribution in [2.45, 2.75) is 39.7 Å². The number of aromatic nitrogens is 2. The summed E-state index contributed by atoms with van der Waals surface area (Å²) in [4.78, 5) is 4.69. The van der Waals surface area contributed by atoms with Crippen molar-refractivity contribution >= 4 is 11.0 Å².